The first-order valence-corrected chi connectivity index (χ1v) is 26.8. The summed E-state index contributed by atoms with van der Waals surface area (Å²) in [6.07, 6.45) is 1.88. The van der Waals surface area contributed by atoms with Gasteiger partial charge in [-0.3, -0.25) is 0 Å². The van der Waals surface area contributed by atoms with E-state index in [1.807, 2.05) is 80.4 Å². The minimum atomic E-state index is -3.01. The molecule has 1 unspecified atom stereocenters. The average Bonchev–Trinajstić information content (AvgIpc) is 1.60. The van der Waals surface area contributed by atoms with Gasteiger partial charge in [-0.25, -0.2) is 4.98 Å². The maximum Gasteiger partial charge on any atom is 0.135 e. The summed E-state index contributed by atoms with van der Waals surface area (Å²) in [5.41, 5.74) is 7.47. The second-order valence-electron chi connectivity index (χ2n) is 21.0. The molecule has 13 rings (SSSR count). The van der Waals surface area contributed by atoms with E-state index in [1.165, 1.54) is 26.7 Å². The number of para-hydroxylation sites is 2. The molecule has 0 amide bonds. The zero-order valence-corrected chi connectivity index (χ0v) is 45.4. The smallest absolute Gasteiger partial charge is 0.135 e. The molecular weight excluding hydrogens is 1110 g/mol. The van der Waals surface area contributed by atoms with E-state index in [4.69, 9.17) is 17.9 Å². The van der Waals surface area contributed by atoms with Gasteiger partial charge in [0.1, 0.15) is 13.9 Å². The van der Waals surface area contributed by atoms with Crippen molar-refractivity contribution in [3.8, 4) is 44.9 Å². The predicted octanol–water partition coefficient (Wildman–Crippen LogP) is 15.0. The summed E-state index contributed by atoms with van der Waals surface area (Å²) in [4.78, 5) is 11.0. The molecule has 0 N–H and O–H groups in total. The summed E-state index contributed by atoms with van der Waals surface area (Å²) >= 11 is 0. The van der Waals surface area contributed by atoms with Crippen LogP contribution in [0.4, 0.5) is 39.9 Å². The standard InChI is InChI=1S/C68H55N4OSi.Pt/c1-67(2,3)48-38-39-69-64(42-48)72-60-34-21-31-55-54-30-16-19-35-62(54)74(66(55)60,53-28-14-9-15-29-53)63-37-36-52(44-61(63)72)73-51-27-20-26-50(43-51)70-45-71(59-33-18-17-32-58(59)70)65-56(46-22-10-7-11-23-46)40-49(68(4,5)6)41-57(65)47-24-12-8-13-25-47;/h7-42,45H,1-6H3;/q-3;/i7D,8D,10D,11D,12D,13D,22D,23D,24D,25D;. The first-order chi connectivity index (χ1) is 40.1. The molecule has 10 aromatic rings. The molecule has 0 saturated heterocycles. The Morgan fingerprint density at radius 2 is 1.13 bits per heavy atom. The molecule has 7 heteroatoms. The molecule has 1 atom stereocenters. The fourth-order valence-corrected chi connectivity index (χ4v) is 16.5. The molecule has 0 fully saturated rings. The van der Waals surface area contributed by atoms with E-state index < -0.39 is 73.9 Å². The summed E-state index contributed by atoms with van der Waals surface area (Å²) in [5, 5.41) is 5.02. The Bertz CT molecular complexity index is 4270. The number of rotatable bonds is 8. The summed E-state index contributed by atoms with van der Waals surface area (Å²) in [6.45, 7) is 14.2. The molecule has 0 saturated carbocycles. The zero-order valence-electron chi connectivity index (χ0n) is 52.1. The van der Waals surface area contributed by atoms with Gasteiger partial charge in [-0.15, -0.1) is 47.9 Å². The molecular formula is C68H55N4OPtSi-3. The summed E-state index contributed by atoms with van der Waals surface area (Å²) in [5.74, 6) is 1.58. The van der Waals surface area contributed by atoms with Gasteiger partial charge in [-0.05, 0) is 97.0 Å². The van der Waals surface area contributed by atoms with Crippen molar-refractivity contribution >= 4 is 68.8 Å². The van der Waals surface area contributed by atoms with Crippen molar-refractivity contribution in [2.24, 2.45) is 0 Å². The van der Waals surface area contributed by atoms with Crippen molar-refractivity contribution in [2.45, 2.75) is 52.4 Å². The van der Waals surface area contributed by atoms with Gasteiger partial charge in [0.2, 0.25) is 0 Å². The fraction of sp³-hybridized carbons (Fsp3) is 0.118. The summed E-state index contributed by atoms with van der Waals surface area (Å²) < 4.78 is 96.6. The summed E-state index contributed by atoms with van der Waals surface area (Å²) in [7, 11) is -3.01. The van der Waals surface area contributed by atoms with Crippen molar-refractivity contribution in [3.63, 3.8) is 0 Å². The second kappa shape index (κ2) is 18.6. The van der Waals surface area contributed by atoms with Crippen LogP contribution in [0.15, 0.2) is 218 Å². The van der Waals surface area contributed by atoms with Crippen LogP contribution in [-0.2, 0) is 31.9 Å². The molecule has 4 heterocycles. The van der Waals surface area contributed by atoms with Crippen molar-refractivity contribution in [1.29, 1.82) is 0 Å². The maximum atomic E-state index is 9.33. The quantitative estimate of drug-likeness (QED) is 0.112. The van der Waals surface area contributed by atoms with E-state index in [9.17, 15) is 5.48 Å². The minimum absolute atomic E-state index is 0. The molecule has 370 valence electrons. The number of ether oxygens (including phenoxy) is 1. The van der Waals surface area contributed by atoms with Crippen LogP contribution in [0.1, 0.15) is 66.4 Å². The van der Waals surface area contributed by atoms with Crippen molar-refractivity contribution in [3.05, 3.63) is 248 Å². The van der Waals surface area contributed by atoms with Crippen molar-refractivity contribution in [1.82, 2.24) is 4.98 Å². The number of benzene rings is 9. The number of aromatic nitrogens is 1. The fourth-order valence-electron chi connectivity index (χ4n) is 11.0. The number of nitrogens with zero attached hydrogens (tertiary/aromatic N) is 4. The van der Waals surface area contributed by atoms with Crippen molar-refractivity contribution in [2.75, 3.05) is 14.7 Å². The third kappa shape index (κ3) is 7.97. The van der Waals surface area contributed by atoms with E-state index in [0.717, 1.165) is 27.9 Å². The van der Waals surface area contributed by atoms with Crippen LogP contribution in [0, 0.1) is 18.8 Å². The summed E-state index contributed by atoms with van der Waals surface area (Å²) in [6, 6.07) is 53.5. The first kappa shape index (κ1) is 37.9. The van der Waals surface area contributed by atoms with E-state index in [-0.39, 0.29) is 54.4 Å². The Morgan fingerprint density at radius 1 is 0.533 bits per heavy atom. The number of hydrogen-bond donors (Lipinski definition) is 0. The van der Waals surface area contributed by atoms with Crippen LogP contribution in [-0.4, -0.2) is 13.1 Å². The molecule has 0 aliphatic carbocycles. The average molecular weight is 1180 g/mol. The van der Waals surface area contributed by atoms with Crippen LogP contribution in [0.2, 0.25) is 0 Å². The SMILES string of the molecule is [2H]c1c([2H])c([2H])c(-c2cc(C(C)(C)C)cc(-c3c([2H])c([2H])c([2H])c([2H])c3[2H])c2N2[CH-]N(c3[c-]c(Oc4[c-]c5c(cc4)[Si]4(c6ccccc6)c6ccccc6-c6cccc(c64)N5c4cc(C(C)(C)C)ccn4)ccc3)c3ccccc32)c([2H])c1[2H].[Pt]. The normalized spacial score (nSPS) is 17.0. The molecule has 0 spiro atoms. The number of pyridine rings is 1. The van der Waals surface area contributed by atoms with Crippen LogP contribution >= 0.6 is 0 Å². The molecule has 3 aliphatic heterocycles. The van der Waals surface area contributed by atoms with Gasteiger partial charge in [-0.2, -0.15) is 12.1 Å². The van der Waals surface area contributed by atoms with Crippen molar-refractivity contribution < 1.29 is 39.5 Å². The number of fused-ring (bicyclic) bond motifs is 6. The van der Waals surface area contributed by atoms with E-state index in [1.54, 1.807) is 23.7 Å². The minimum Gasteiger partial charge on any atom is -0.509 e. The van der Waals surface area contributed by atoms with Crippen LogP contribution in [0.25, 0.3) is 33.4 Å². The number of hydrogen-bond acceptors (Lipinski definition) is 5. The first-order valence-electron chi connectivity index (χ1n) is 29.8. The van der Waals surface area contributed by atoms with Gasteiger partial charge >= 0.3 is 0 Å². The molecule has 0 bridgehead atoms. The van der Waals surface area contributed by atoms with Gasteiger partial charge in [0.25, 0.3) is 0 Å². The molecule has 75 heavy (non-hydrogen) atoms. The Balaban J connectivity index is 0.00000709. The second-order valence-corrected chi connectivity index (χ2v) is 24.6. The largest absolute Gasteiger partial charge is 0.509 e. The third-order valence-corrected chi connectivity index (χ3v) is 19.4. The van der Waals surface area contributed by atoms with Crippen LogP contribution < -0.4 is 40.2 Å². The third-order valence-electron chi connectivity index (χ3n) is 14.5. The topological polar surface area (TPSA) is 31.8 Å². The van der Waals surface area contributed by atoms with Gasteiger partial charge in [0.15, 0.2) is 0 Å². The van der Waals surface area contributed by atoms with Crippen LogP contribution in [0.3, 0.4) is 0 Å². The Kier molecular flexibility index (Phi) is 9.38. The van der Waals surface area contributed by atoms with Gasteiger partial charge in [0.05, 0.1) is 13.7 Å². The Labute approximate surface area is 471 Å². The molecule has 1 aromatic heterocycles. The predicted molar refractivity (Wildman–Crippen MR) is 309 cm³/mol. The molecule has 5 nitrogen and oxygen atoms in total. The number of anilines is 7. The van der Waals surface area contributed by atoms with E-state index in [0.29, 0.717) is 34.1 Å². The monoisotopic (exact) mass is 1180 g/mol. The van der Waals surface area contributed by atoms with Gasteiger partial charge < -0.3 is 19.4 Å². The maximum absolute atomic E-state index is 9.33. The van der Waals surface area contributed by atoms with Crippen LogP contribution in [0.5, 0.6) is 11.5 Å². The van der Waals surface area contributed by atoms with E-state index >= 15 is 0 Å². The molecule has 3 aliphatic rings. The Hall–Kier alpha value is -7.76. The molecule has 9 aromatic carbocycles. The molecule has 0 radical (unpaired) electrons. The zero-order chi connectivity index (χ0) is 59.1. The van der Waals surface area contributed by atoms with Gasteiger partial charge in [-0.1, -0.05) is 192 Å². The Morgan fingerprint density at radius 3 is 1.83 bits per heavy atom. The van der Waals surface area contributed by atoms with E-state index in [2.05, 4.69) is 129 Å². The van der Waals surface area contributed by atoms with Gasteiger partial charge in [0, 0.05) is 72.6 Å².